The number of amides is 1. The van der Waals surface area contributed by atoms with E-state index < -0.39 is 0 Å². The van der Waals surface area contributed by atoms with Crippen molar-refractivity contribution in [2.75, 3.05) is 52.4 Å². The molecular weight excluding hydrogens is 262 g/mol. The number of piperazine rings is 1. The fourth-order valence-corrected chi connectivity index (χ4v) is 3.28. The highest BCUT2D eigenvalue weighted by molar-refractivity contribution is 5.82. The molecule has 2 heterocycles. The third-order valence-corrected chi connectivity index (χ3v) is 5.27. The molecule has 2 saturated heterocycles. The minimum absolute atomic E-state index is 0.197. The molecule has 0 saturated carbocycles. The first kappa shape index (κ1) is 16.8. The SMILES string of the molecule is CCC(C)(C)C(=O)N1CCN(CCCN2CCCC2)CC1. The zero-order valence-corrected chi connectivity index (χ0v) is 14.2. The van der Waals surface area contributed by atoms with Crippen molar-refractivity contribution in [3.63, 3.8) is 0 Å². The number of likely N-dealkylation sites (tertiary alicyclic amines) is 1. The van der Waals surface area contributed by atoms with Gasteiger partial charge in [0.15, 0.2) is 0 Å². The monoisotopic (exact) mass is 295 g/mol. The van der Waals surface area contributed by atoms with Crippen molar-refractivity contribution in [2.45, 2.75) is 46.5 Å². The van der Waals surface area contributed by atoms with Gasteiger partial charge in [-0.1, -0.05) is 20.8 Å². The minimum Gasteiger partial charge on any atom is -0.340 e. The van der Waals surface area contributed by atoms with Gasteiger partial charge in [-0.25, -0.2) is 0 Å². The van der Waals surface area contributed by atoms with Crippen LogP contribution < -0.4 is 0 Å². The highest BCUT2D eigenvalue weighted by Gasteiger charge is 2.31. The van der Waals surface area contributed by atoms with Crippen LogP contribution in [-0.2, 0) is 4.79 Å². The van der Waals surface area contributed by atoms with Gasteiger partial charge in [-0.05, 0) is 51.9 Å². The molecule has 0 N–H and O–H groups in total. The molecule has 0 aromatic heterocycles. The first-order valence-electron chi connectivity index (χ1n) is 8.77. The van der Waals surface area contributed by atoms with Crippen molar-refractivity contribution in [3.8, 4) is 0 Å². The van der Waals surface area contributed by atoms with Crippen molar-refractivity contribution in [3.05, 3.63) is 0 Å². The Morgan fingerprint density at radius 3 is 1.95 bits per heavy atom. The predicted octanol–water partition coefficient (Wildman–Crippen LogP) is 2.05. The number of nitrogens with zero attached hydrogens (tertiary/aromatic N) is 3. The number of rotatable bonds is 6. The molecule has 21 heavy (non-hydrogen) atoms. The van der Waals surface area contributed by atoms with E-state index in [0.29, 0.717) is 5.91 Å². The van der Waals surface area contributed by atoms with E-state index in [1.165, 1.54) is 45.4 Å². The second kappa shape index (κ2) is 7.59. The Hall–Kier alpha value is -0.610. The van der Waals surface area contributed by atoms with Gasteiger partial charge in [0.25, 0.3) is 0 Å². The third-order valence-electron chi connectivity index (χ3n) is 5.27. The molecule has 2 fully saturated rings. The van der Waals surface area contributed by atoms with Crippen LogP contribution in [0.25, 0.3) is 0 Å². The van der Waals surface area contributed by atoms with Crippen LogP contribution in [0.5, 0.6) is 0 Å². The lowest BCUT2D eigenvalue weighted by Crippen LogP contribution is -2.52. The summed E-state index contributed by atoms with van der Waals surface area (Å²) in [7, 11) is 0. The maximum Gasteiger partial charge on any atom is 0.228 e. The summed E-state index contributed by atoms with van der Waals surface area (Å²) in [5.41, 5.74) is -0.197. The van der Waals surface area contributed by atoms with E-state index in [1.807, 2.05) is 0 Å². The minimum atomic E-state index is -0.197. The molecular formula is C17H33N3O. The fraction of sp³-hybridized carbons (Fsp3) is 0.941. The summed E-state index contributed by atoms with van der Waals surface area (Å²) in [6.07, 6.45) is 4.96. The van der Waals surface area contributed by atoms with Gasteiger partial charge < -0.3 is 9.80 Å². The van der Waals surface area contributed by atoms with Crippen LogP contribution in [0.4, 0.5) is 0 Å². The smallest absolute Gasteiger partial charge is 0.228 e. The van der Waals surface area contributed by atoms with Gasteiger partial charge in [0.1, 0.15) is 0 Å². The normalized spacial score (nSPS) is 22.0. The van der Waals surface area contributed by atoms with Crippen LogP contribution in [0.1, 0.15) is 46.5 Å². The van der Waals surface area contributed by atoms with Crippen LogP contribution in [-0.4, -0.2) is 73.0 Å². The second-order valence-electron chi connectivity index (χ2n) is 7.27. The summed E-state index contributed by atoms with van der Waals surface area (Å²) >= 11 is 0. The molecule has 0 aromatic rings. The van der Waals surface area contributed by atoms with E-state index in [-0.39, 0.29) is 5.41 Å². The van der Waals surface area contributed by atoms with Crippen molar-refractivity contribution < 1.29 is 4.79 Å². The number of hydrogen-bond acceptors (Lipinski definition) is 3. The molecule has 0 atom stereocenters. The van der Waals surface area contributed by atoms with E-state index in [9.17, 15) is 4.79 Å². The standard InChI is InChI=1S/C17H33N3O/c1-4-17(2,3)16(21)20-14-12-19(13-15-20)11-7-10-18-8-5-6-9-18/h4-15H2,1-3H3. The van der Waals surface area contributed by atoms with Crippen molar-refractivity contribution in [2.24, 2.45) is 5.41 Å². The number of carbonyl (C=O) groups is 1. The highest BCUT2D eigenvalue weighted by atomic mass is 16.2. The Labute approximate surface area is 130 Å². The molecule has 2 aliphatic rings. The molecule has 0 radical (unpaired) electrons. The maximum atomic E-state index is 12.4. The molecule has 2 aliphatic heterocycles. The lowest BCUT2D eigenvalue weighted by atomic mass is 9.88. The third kappa shape index (κ3) is 4.68. The first-order valence-corrected chi connectivity index (χ1v) is 8.77. The molecule has 4 nitrogen and oxygen atoms in total. The zero-order valence-electron chi connectivity index (χ0n) is 14.2. The van der Waals surface area contributed by atoms with E-state index in [2.05, 4.69) is 35.5 Å². The Kier molecular flexibility index (Phi) is 6.06. The zero-order chi connectivity index (χ0) is 15.3. The number of hydrogen-bond donors (Lipinski definition) is 0. The van der Waals surface area contributed by atoms with E-state index in [4.69, 9.17) is 0 Å². The van der Waals surface area contributed by atoms with Crippen LogP contribution in [0.2, 0.25) is 0 Å². The average Bonchev–Trinajstić information content (AvgIpc) is 3.00. The first-order chi connectivity index (χ1) is 10.0. The summed E-state index contributed by atoms with van der Waals surface area (Å²) in [6, 6.07) is 0. The van der Waals surface area contributed by atoms with E-state index in [0.717, 1.165) is 32.6 Å². The molecule has 0 spiro atoms. The molecule has 0 bridgehead atoms. The summed E-state index contributed by atoms with van der Waals surface area (Å²) in [4.78, 5) is 19.6. The van der Waals surface area contributed by atoms with Gasteiger partial charge in [0, 0.05) is 31.6 Å². The summed E-state index contributed by atoms with van der Waals surface area (Å²) in [5, 5.41) is 0. The quantitative estimate of drug-likeness (QED) is 0.750. The Morgan fingerprint density at radius 2 is 1.43 bits per heavy atom. The largest absolute Gasteiger partial charge is 0.340 e. The van der Waals surface area contributed by atoms with Gasteiger partial charge in [-0.2, -0.15) is 0 Å². The van der Waals surface area contributed by atoms with Crippen molar-refractivity contribution in [1.82, 2.24) is 14.7 Å². The Morgan fingerprint density at radius 1 is 0.905 bits per heavy atom. The van der Waals surface area contributed by atoms with E-state index >= 15 is 0 Å². The van der Waals surface area contributed by atoms with Crippen LogP contribution in [0.3, 0.4) is 0 Å². The van der Waals surface area contributed by atoms with Crippen LogP contribution >= 0.6 is 0 Å². The van der Waals surface area contributed by atoms with Gasteiger partial charge in [0.2, 0.25) is 5.91 Å². The summed E-state index contributed by atoms with van der Waals surface area (Å²) in [6.45, 7) is 15.2. The van der Waals surface area contributed by atoms with Crippen molar-refractivity contribution in [1.29, 1.82) is 0 Å². The lowest BCUT2D eigenvalue weighted by molar-refractivity contribution is -0.142. The molecule has 1 amide bonds. The molecule has 4 heteroatoms. The average molecular weight is 295 g/mol. The number of carbonyl (C=O) groups excluding carboxylic acids is 1. The van der Waals surface area contributed by atoms with Gasteiger partial charge in [-0.3, -0.25) is 9.69 Å². The van der Waals surface area contributed by atoms with Crippen LogP contribution in [0, 0.1) is 5.41 Å². The van der Waals surface area contributed by atoms with Gasteiger partial charge in [-0.15, -0.1) is 0 Å². The second-order valence-corrected chi connectivity index (χ2v) is 7.27. The maximum absolute atomic E-state index is 12.4. The molecule has 0 unspecified atom stereocenters. The fourth-order valence-electron chi connectivity index (χ4n) is 3.28. The Balaban J connectivity index is 1.64. The summed E-state index contributed by atoms with van der Waals surface area (Å²) < 4.78 is 0. The molecule has 2 rings (SSSR count). The molecule has 0 aliphatic carbocycles. The topological polar surface area (TPSA) is 26.8 Å². The Bertz CT molecular complexity index is 329. The van der Waals surface area contributed by atoms with Crippen LogP contribution in [0.15, 0.2) is 0 Å². The van der Waals surface area contributed by atoms with E-state index in [1.54, 1.807) is 0 Å². The lowest BCUT2D eigenvalue weighted by Gasteiger charge is -2.38. The van der Waals surface area contributed by atoms with Crippen molar-refractivity contribution >= 4 is 5.91 Å². The molecule has 0 aromatic carbocycles. The molecule has 122 valence electrons. The van der Waals surface area contributed by atoms with Gasteiger partial charge in [0.05, 0.1) is 0 Å². The van der Waals surface area contributed by atoms with Gasteiger partial charge >= 0.3 is 0 Å². The highest BCUT2D eigenvalue weighted by Crippen LogP contribution is 2.23. The summed E-state index contributed by atoms with van der Waals surface area (Å²) in [5.74, 6) is 0.335. The predicted molar refractivity (Wildman–Crippen MR) is 87.4 cm³/mol.